The Hall–Kier alpha value is -1.10. The van der Waals surface area contributed by atoms with Gasteiger partial charge in [-0.1, -0.05) is 0 Å². The summed E-state index contributed by atoms with van der Waals surface area (Å²) in [4.78, 5) is 10.7. The van der Waals surface area contributed by atoms with E-state index >= 15 is 0 Å². The number of hydrogen-bond acceptors (Lipinski definition) is 2. The van der Waals surface area contributed by atoms with Crippen LogP contribution in [-0.4, -0.2) is 13.0 Å². The molecule has 0 saturated heterocycles. The Labute approximate surface area is 82.8 Å². The number of halogens is 2. The Morgan fingerprint density at radius 3 is 2.69 bits per heavy atom. The van der Waals surface area contributed by atoms with Gasteiger partial charge in [0.2, 0.25) is 0 Å². The normalized spacial score (nSPS) is 9.77. The molecule has 0 fully saturated rings. The predicted molar refractivity (Wildman–Crippen MR) is 49.2 cm³/mol. The first-order chi connectivity index (χ1) is 6.07. The first-order valence-corrected chi connectivity index (χ1v) is 4.19. The van der Waals surface area contributed by atoms with E-state index < -0.39 is 11.7 Å². The van der Waals surface area contributed by atoms with Crippen LogP contribution in [0.1, 0.15) is 10.4 Å². The third-order valence-corrected chi connectivity index (χ3v) is 2.27. The molecule has 1 amide bonds. The summed E-state index contributed by atoms with van der Waals surface area (Å²) in [6.07, 6.45) is 0. The van der Waals surface area contributed by atoms with Crippen LogP contribution in [0.25, 0.3) is 0 Å². The first-order valence-electron chi connectivity index (χ1n) is 3.39. The first kappa shape index (κ1) is 9.98. The Kier molecular flexibility index (Phi) is 2.87. The number of hydrogen-bond donors (Lipinski definition) is 1. The molecular weight excluding hydrogens is 241 g/mol. The molecule has 1 aromatic carbocycles. The van der Waals surface area contributed by atoms with Crippen molar-refractivity contribution >= 4 is 21.8 Å². The summed E-state index contributed by atoms with van der Waals surface area (Å²) in [6, 6.07) is 2.74. The monoisotopic (exact) mass is 247 g/mol. The molecule has 0 heterocycles. The molecule has 0 spiro atoms. The van der Waals surface area contributed by atoms with E-state index in [4.69, 9.17) is 10.5 Å². The molecule has 0 radical (unpaired) electrons. The zero-order chi connectivity index (χ0) is 10.0. The van der Waals surface area contributed by atoms with Gasteiger partial charge in [0.15, 0.2) is 5.82 Å². The Balaban J connectivity index is 3.31. The van der Waals surface area contributed by atoms with E-state index in [0.29, 0.717) is 5.75 Å². The molecule has 0 aromatic heterocycles. The molecule has 5 heteroatoms. The maximum atomic E-state index is 13.3. The van der Waals surface area contributed by atoms with Crippen LogP contribution in [0.5, 0.6) is 5.75 Å². The van der Waals surface area contributed by atoms with Crippen molar-refractivity contribution in [2.24, 2.45) is 5.73 Å². The molecule has 1 rings (SSSR count). The van der Waals surface area contributed by atoms with Gasteiger partial charge in [-0.3, -0.25) is 4.79 Å². The fraction of sp³-hybridized carbons (Fsp3) is 0.125. The Morgan fingerprint density at radius 2 is 2.23 bits per heavy atom. The van der Waals surface area contributed by atoms with Gasteiger partial charge in [-0.2, -0.15) is 0 Å². The average molecular weight is 248 g/mol. The highest BCUT2D eigenvalue weighted by Gasteiger charge is 2.14. The standard InChI is InChI=1S/C8H7BrFNO2/c1-13-5-3-2-4(8(11)12)7(10)6(5)9/h2-3H,1H3,(H2,11,12). The molecule has 0 aliphatic carbocycles. The highest BCUT2D eigenvalue weighted by Crippen LogP contribution is 2.29. The summed E-state index contributed by atoms with van der Waals surface area (Å²) in [7, 11) is 1.41. The second-order valence-electron chi connectivity index (χ2n) is 2.31. The van der Waals surface area contributed by atoms with Crippen LogP contribution in [0.4, 0.5) is 4.39 Å². The van der Waals surface area contributed by atoms with E-state index in [0.717, 1.165) is 0 Å². The zero-order valence-electron chi connectivity index (χ0n) is 6.80. The van der Waals surface area contributed by atoms with Crippen LogP contribution in [-0.2, 0) is 0 Å². The molecule has 0 saturated carbocycles. The maximum Gasteiger partial charge on any atom is 0.251 e. The molecule has 0 unspecified atom stereocenters. The molecule has 0 atom stereocenters. The zero-order valence-corrected chi connectivity index (χ0v) is 8.39. The molecule has 0 aliphatic rings. The minimum Gasteiger partial charge on any atom is -0.495 e. The lowest BCUT2D eigenvalue weighted by Gasteiger charge is -2.05. The Bertz CT molecular complexity index is 354. The molecule has 13 heavy (non-hydrogen) atoms. The van der Waals surface area contributed by atoms with Crippen molar-refractivity contribution in [2.75, 3.05) is 7.11 Å². The van der Waals surface area contributed by atoms with Gasteiger partial charge in [0, 0.05) is 0 Å². The number of primary amides is 1. The molecule has 0 aliphatic heterocycles. The van der Waals surface area contributed by atoms with Crippen LogP contribution >= 0.6 is 15.9 Å². The summed E-state index contributed by atoms with van der Waals surface area (Å²) in [5, 5.41) is 0. The number of amides is 1. The van der Waals surface area contributed by atoms with E-state index in [1.165, 1.54) is 19.2 Å². The Morgan fingerprint density at radius 1 is 1.62 bits per heavy atom. The van der Waals surface area contributed by atoms with E-state index in [1.54, 1.807) is 0 Å². The van der Waals surface area contributed by atoms with E-state index in [1.807, 2.05) is 0 Å². The third kappa shape index (κ3) is 1.80. The van der Waals surface area contributed by atoms with Crippen LogP contribution in [0.2, 0.25) is 0 Å². The van der Waals surface area contributed by atoms with Crippen molar-refractivity contribution in [3.8, 4) is 5.75 Å². The summed E-state index contributed by atoms with van der Waals surface area (Å²) in [6.45, 7) is 0. The van der Waals surface area contributed by atoms with Crippen LogP contribution in [0, 0.1) is 5.82 Å². The molecule has 3 nitrogen and oxygen atoms in total. The summed E-state index contributed by atoms with van der Waals surface area (Å²) in [5.74, 6) is -1.18. The van der Waals surface area contributed by atoms with Crippen molar-refractivity contribution in [2.45, 2.75) is 0 Å². The van der Waals surface area contributed by atoms with E-state index in [9.17, 15) is 9.18 Å². The lowest BCUT2D eigenvalue weighted by molar-refractivity contribution is 0.0996. The molecule has 70 valence electrons. The minimum atomic E-state index is -0.805. The van der Waals surface area contributed by atoms with Gasteiger partial charge >= 0.3 is 0 Å². The summed E-state index contributed by atoms with van der Waals surface area (Å²) in [5.41, 5.74) is 4.77. The minimum absolute atomic E-state index is 0.103. The van der Waals surface area contributed by atoms with Crippen molar-refractivity contribution in [1.82, 2.24) is 0 Å². The van der Waals surface area contributed by atoms with E-state index in [2.05, 4.69) is 15.9 Å². The van der Waals surface area contributed by atoms with Crippen molar-refractivity contribution in [1.29, 1.82) is 0 Å². The SMILES string of the molecule is COc1ccc(C(N)=O)c(F)c1Br. The number of carbonyl (C=O) groups excluding carboxylic acids is 1. The van der Waals surface area contributed by atoms with Gasteiger partial charge in [-0.05, 0) is 28.1 Å². The topological polar surface area (TPSA) is 52.3 Å². The van der Waals surface area contributed by atoms with Crippen molar-refractivity contribution in [3.63, 3.8) is 0 Å². The number of nitrogens with two attached hydrogens (primary N) is 1. The largest absolute Gasteiger partial charge is 0.495 e. The molecule has 0 bridgehead atoms. The van der Waals surface area contributed by atoms with Crippen molar-refractivity contribution in [3.05, 3.63) is 28.0 Å². The lowest BCUT2D eigenvalue weighted by Crippen LogP contribution is -2.13. The van der Waals surface area contributed by atoms with Gasteiger partial charge in [0.1, 0.15) is 5.75 Å². The number of rotatable bonds is 2. The third-order valence-electron chi connectivity index (χ3n) is 1.53. The number of methoxy groups -OCH3 is 1. The smallest absolute Gasteiger partial charge is 0.251 e. The van der Waals surface area contributed by atoms with Crippen LogP contribution in [0.3, 0.4) is 0 Å². The average Bonchev–Trinajstić information content (AvgIpc) is 2.09. The number of ether oxygens (including phenoxy) is 1. The van der Waals surface area contributed by atoms with Gasteiger partial charge in [-0.15, -0.1) is 0 Å². The van der Waals surface area contributed by atoms with Crippen molar-refractivity contribution < 1.29 is 13.9 Å². The summed E-state index contributed by atoms with van der Waals surface area (Å²) >= 11 is 2.95. The quantitative estimate of drug-likeness (QED) is 0.865. The highest BCUT2D eigenvalue weighted by molar-refractivity contribution is 9.10. The predicted octanol–water partition coefficient (Wildman–Crippen LogP) is 1.70. The second-order valence-corrected chi connectivity index (χ2v) is 3.10. The van der Waals surface area contributed by atoms with Crippen LogP contribution < -0.4 is 10.5 Å². The van der Waals surface area contributed by atoms with Gasteiger partial charge in [0.25, 0.3) is 5.91 Å². The summed E-state index contributed by atoms with van der Waals surface area (Å²) < 4.78 is 18.2. The van der Waals surface area contributed by atoms with Crippen LogP contribution in [0.15, 0.2) is 16.6 Å². The molecule has 2 N–H and O–H groups in total. The second kappa shape index (κ2) is 3.74. The lowest BCUT2D eigenvalue weighted by atomic mass is 10.2. The fourth-order valence-electron chi connectivity index (χ4n) is 0.880. The van der Waals surface area contributed by atoms with Gasteiger partial charge in [0.05, 0.1) is 17.1 Å². The van der Waals surface area contributed by atoms with Gasteiger partial charge in [-0.25, -0.2) is 4.39 Å². The van der Waals surface area contributed by atoms with E-state index in [-0.39, 0.29) is 10.0 Å². The van der Waals surface area contributed by atoms with Gasteiger partial charge < -0.3 is 10.5 Å². The molecule has 1 aromatic rings. The fourth-order valence-corrected chi connectivity index (χ4v) is 1.39. The molecular formula is C8H7BrFNO2. The maximum absolute atomic E-state index is 13.3. The number of carbonyl (C=O) groups is 1. The number of benzene rings is 1. The highest BCUT2D eigenvalue weighted by atomic mass is 79.9.